The van der Waals surface area contributed by atoms with Crippen LogP contribution >= 0.6 is 0 Å². The molecule has 0 amide bonds. The van der Waals surface area contributed by atoms with Crippen LogP contribution in [0.15, 0.2) is 47.5 Å². The summed E-state index contributed by atoms with van der Waals surface area (Å²) in [6, 6.07) is 13.1. The van der Waals surface area contributed by atoms with Gasteiger partial charge in [0.15, 0.2) is 5.96 Å². The molecule has 2 aromatic carbocycles. The minimum atomic E-state index is -0.00153. The first kappa shape index (κ1) is 20.4. The molecule has 2 rings (SSSR count). The molecular formula is C21H29N3O3. The average molecular weight is 371 g/mol. The number of hydrogen-bond acceptors (Lipinski definition) is 4. The number of guanidine groups is 1. The smallest absolute Gasteiger partial charge is 0.191 e. The number of benzene rings is 2. The van der Waals surface area contributed by atoms with Crippen molar-refractivity contribution in [3.8, 4) is 17.2 Å². The van der Waals surface area contributed by atoms with Crippen molar-refractivity contribution < 1.29 is 14.6 Å². The van der Waals surface area contributed by atoms with Crippen LogP contribution in [-0.4, -0.2) is 38.9 Å². The summed E-state index contributed by atoms with van der Waals surface area (Å²) in [5, 5.41) is 16.0. The molecule has 0 saturated heterocycles. The maximum Gasteiger partial charge on any atom is 0.191 e. The Morgan fingerprint density at radius 3 is 2.48 bits per heavy atom. The molecule has 6 nitrogen and oxygen atoms in total. The lowest BCUT2D eigenvalue weighted by atomic mass is 10.1. The number of aryl methyl sites for hydroxylation is 1. The van der Waals surface area contributed by atoms with Crippen molar-refractivity contribution in [3.05, 3.63) is 53.6 Å². The fourth-order valence-corrected chi connectivity index (χ4v) is 2.82. The zero-order chi connectivity index (χ0) is 19.6. The van der Waals surface area contributed by atoms with Crippen molar-refractivity contribution in [2.24, 2.45) is 4.99 Å². The Balaban J connectivity index is 1.88. The first-order chi connectivity index (χ1) is 13.1. The van der Waals surface area contributed by atoms with Gasteiger partial charge in [0, 0.05) is 19.2 Å². The number of aliphatic imine (C=N–C) groups is 1. The van der Waals surface area contributed by atoms with E-state index in [-0.39, 0.29) is 6.04 Å². The monoisotopic (exact) mass is 371 g/mol. The van der Waals surface area contributed by atoms with Crippen LogP contribution in [0.25, 0.3) is 0 Å². The van der Waals surface area contributed by atoms with E-state index >= 15 is 0 Å². The molecule has 1 atom stereocenters. The highest BCUT2D eigenvalue weighted by molar-refractivity contribution is 5.80. The Kier molecular flexibility index (Phi) is 7.79. The van der Waals surface area contributed by atoms with Crippen LogP contribution in [0.3, 0.4) is 0 Å². The summed E-state index contributed by atoms with van der Waals surface area (Å²) in [4.78, 5) is 4.30. The number of hydrogen-bond donors (Lipinski definition) is 3. The largest absolute Gasteiger partial charge is 0.508 e. The van der Waals surface area contributed by atoms with Crippen molar-refractivity contribution >= 4 is 5.96 Å². The van der Waals surface area contributed by atoms with Crippen molar-refractivity contribution in [2.45, 2.75) is 25.8 Å². The number of methoxy groups -OCH3 is 2. The lowest BCUT2D eigenvalue weighted by Gasteiger charge is -2.21. The van der Waals surface area contributed by atoms with Gasteiger partial charge < -0.3 is 25.2 Å². The Morgan fingerprint density at radius 1 is 1.11 bits per heavy atom. The Labute approximate surface area is 161 Å². The topological polar surface area (TPSA) is 75.1 Å². The quantitative estimate of drug-likeness (QED) is 0.377. The third kappa shape index (κ3) is 6.09. The number of phenols is 1. The second kappa shape index (κ2) is 10.3. The first-order valence-electron chi connectivity index (χ1n) is 9.04. The molecule has 2 aromatic rings. The van der Waals surface area contributed by atoms with Crippen LogP contribution in [0.4, 0.5) is 0 Å². The number of ether oxygens (including phenoxy) is 2. The number of nitrogens with one attached hydrogen (secondary N) is 2. The van der Waals surface area contributed by atoms with Crippen molar-refractivity contribution in [3.63, 3.8) is 0 Å². The van der Waals surface area contributed by atoms with E-state index in [1.54, 1.807) is 33.4 Å². The molecule has 0 aliphatic heterocycles. The van der Waals surface area contributed by atoms with Gasteiger partial charge in [0.05, 0.1) is 20.3 Å². The van der Waals surface area contributed by atoms with Crippen LogP contribution < -0.4 is 20.1 Å². The second-order valence-corrected chi connectivity index (χ2v) is 6.24. The fraction of sp³-hybridized carbons (Fsp3) is 0.381. The van der Waals surface area contributed by atoms with Gasteiger partial charge in [0.25, 0.3) is 0 Å². The van der Waals surface area contributed by atoms with E-state index in [4.69, 9.17) is 9.47 Å². The van der Waals surface area contributed by atoms with Gasteiger partial charge >= 0.3 is 0 Å². The average Bonchev–Trinajstić information content (AvgIpc) is 2.70. The van der Waals surface area contributed by atoms with E-state index in [2.05, 4.69) is 22.5 Å². The molecule has 0 aliphatic rings. The zero-order valence-electron chi connectivity index (χ0n) is 16.5. The summed E-state index contributed by atoms with van der Waals surface area (Å²) in [6.45, 7) is 2.85. The predicted octanol–water partition coefficient (Wildman–Crippen LogP) is 3.27. The highest BCUT2D eigenvalue weighted by atomic mass is 16.5. The highest BCUT2D eigenvalue weighted by Crippen LogP contribution is 2.29. The minimum absolute atomic E-state index is 0.00153. The normalized spacial score (nSPS) is 12.4. The van der Waals surface area contributed by atoms with Crippen LogP contribution in [0, 0.1) is 0 Å². The standard InChI is InChI=1S/C21H29N3O3/c1-15(19-14-18(26-3)11-12-20(19)27-4)24-21(22-2)23-13-5-6-16-7-9-17(25)10-8-16/h7-12,14-15,25H,5-6,13H2,1-4H3,(H2,22,23,24). The van der Waals surface area contributed by atoms with E-state index in [1.165, 1.54) is 5.56 Å². The lowest BCUT2D eigenvalue weighted by Crippen LogP contribution is -2.39. The molecule has 3 N–H and O–H groups in total. The number of phenolic OH excluding ortho intramolecular Hbond substituents is 1. The van der Waals surface area contributed by atoms with Gasteiger partial charge in [-0.3, -0.25) is 4.99 Å². The second-order valence-electron chi connectivity index (χ2n) is 6.24. The van der Waals surface area contributed by atoms with E-state index < -0.39 is 0 Å². The van der Waals surface area contributed by atoms with Crippen LogP contribution in [0.5, 0.6) is 17.2 Å². The maximum absolute atomic E-state index is 9.33. The summed E-state index contributed by atoms with van der Waals surface area (Å²) < 4.78 is 10.8. The molecule has 0 fully saturated rings. The molecule has 0 aliphatic carbocycles. The molecule has 0 radical (unpaired) electrons. The van der Waals surface area contributed by atoms with Crippen LogP contribution in [0.1, 0.15) is 30.5 Å². The Bertz CT molecular complexity index is 745. The van der Waals surface area contributed by atoms with Crippen molar-refractivity contribution in [2.75, 3.05) is 27.8 Å². The van der Waals surface area contributed by atoms with Gasteiger partial charge in [0.2, 0.25) is 0 Å². The molecule has 0 spiro atoms. The summed E-state index contributed by atoms with van der Waals surface area (Å²) in [7, 11) is 5.07. The fourth-order valence-electron chi connectivity index (χ4n) is 2.82. The highest BCUT2D eigenvalue weighted by Gasteiger charge is 2.14. The van der Waals surface area contributed by atoms with Gasteiger partial charge in [-0.05, 0) is 55.7 Å². The zero-order valence-corrected chi connectivity index (χ0v) is 16.5. The molecular weight excluding hydrogens is 342 g/mol. The number of rotatable bonds is 8. The summed E-state index contributed by atoms with van der Waals surface area (Å²) in [5.41, 5.74) is 2.20. The molecule has 146 valence electrons. The van der Waals surface area contributed by atoms with Gasteiger partial charge in [-0.25, -0.2) is 0 Å². The van der Waals surface area contributed by atoms with Crippen molar-refractivity contribution in [1.29, 1.82) is 0 Å². The third-order valence-electron chi connectivity index (χ3n) is 4.35. The minimum Gasteiger partial charge on any atom is -0.508 e. The molecule has 1 unspecified atom stereocenters. The van der Waals surface area contributed by atoms with E-state index in [9.17, 15) is 5.11 Å². The molecule has 0 aromatic heterocycles. The van der Waals surface area contributed by atoms with E-state index in [0.29, 0.717) is 5.75 Å². The van der Waals surface area contributed by atoms with E-state index in [0.717, 1.165) is 42.4 Å². The molecule has 0 bridgehead atoms. The van der Waals surface area contributed by atoms with Crippen LogP contribution in [0.2, 0.25) is 0 Å². The Hall–Kier alpha value is -2.89. The summed E-state index contributed by atoms with van der Waals surface area (Å²) >= 11 is 0. The number of aromatic hydroxyl groups is 1. The van der Waals surface area contributed by atoms with Crippen molar-refractivity contribution in [1.82, 2.24) is 10.6 Å². The third-order valence-corrected chi connectivity index (χ3v) is 4.35. The van der Waals surface area contributed by atoms with Gasteiger partial charge in [0.1, 0.15) is 17.2 Å². The summed E-state index contributed by atoms with van der Waals surface area (Å²) in [6.07, 6.45) is 1.89. The summed E-state index contributed by atoms with van der Waals surface area (Å²) in [5.74, 6) is 2.62. The number of nitrogens with zero attached hydrogens (tertiary/aromatic N) is 1. The molecule has 6 heteroatoms. The maximum atomic E-state index is 9.33. The Morgan fingerprint density at radius 2 is 1.85 bits per heavy atom. The van der Waals surface area contributed by atoms with Gasteiger partial charge in [-0.1, -0.05) is 12.1 Å². The predicted molar refractivity (Wildman–Crippen MR) is 109 cm³/mol. The SMILES string of the molecule is CN=C(NCCCc1ccc(O)cc1)NC(C)c1cc(OC)ccc1OC. The van der Waals surface area contributed by atoms with Crippen LogP contribution in [-0.2, 0) is 6.42 Å². The van der Waals surface area contributed by atoms with E-state index in [1.807, 2.05) is 30.3 Å². The lowest BCUT2D eigenvalue weighted by molar-refractivity contribution is 0.394. The molecule has 0 heterocycles. The molecule has 0 saturated carbocycles. The first-order valence-corrected chi connectivity index (χ1v) is 9.04. The molecule has 27 heavy (non-hydrogen) atoms. The van der Waals surface area contributed by atoms with Gasteiger partial charge in [-0.2, -0.15) is 0 Å². The van der Waals surface area contributed by atoms with Gasteiger partial charge in [-0.15, -0.1) is 0 Å².